The number of ether oxygens (including phenoxy) is 1. The molecule has 1 aromatic carbocycles. The normalized spacial score (nSPS) is 22.1. The summed E-state index contributed by atoms with van der Waals surface area (Å²) in [5, 5.41) is 4.35. The fourth-order valence-corrected chi connectivity index (χ4v) is 2.25. The van der Waals surface area contributed by atoms with Crippen LogP contribution in [0.15, 0.2) is 18.2 Å². The molecule has 88 valence electrons. The molecule has 3 heteroatoms. The Balaban J connectivity index is 2.05. The highest BCUT2D eigenvalue weighted by Gasteiger charge is 2.22. The summed E-state index contributed by atoms with van der Waals surface area (Å²) in [4.78, 5) is 0. The Kier molecular flexibility index (Phi) is 3.72. The summed E-state index contributed by atoms with van der Waals surface area (Å²) >= 11 is 6.09. The van der Waals surface area contributed by atoms with Crippen LogP contribution in [0, 0.1) is 12.8 Å². The van der Waals surface area contributed by atoms with E-state index in [0.29, 0.717) is 12.0 Å². The van der Waals surface area contributed by atoms with E-state index in [2.05, 4.69) is 18.3 Å². The summed E-state index contributed by atoms with van der Waals surface area (Å²) in [5.74, 6) is 0.610. The van der Waals surface area contributed by atoms with E-state index < -0.39 is 0 Å². The second-order valence-corrected chi connectivity index (χ2v) is 4.88. The first kappa shape index (κ1) is 11.7. The van der Waals surface area contributed by atoms with Crippen LogP contribution in [0.5, 0.6) is 0 Å². The maximum atomic E-state index is 6.09. The summed E-state index contributed by atoms with van der Waals surface area (Å²) in [6.07, 6.45) is 1.15. The highest BCUT2D eigenvalue weighted by molar-refractivity contribution is 6.31. The van der Waals surface area contributed by atoms with Gasteiger partial charge in [0.2, 0.25) is 0 Å². The van der Waals surface area contributed by atoms with Crippen LogP contribution in [0.4, 0.5) is 5.69 Å². The first-order valence-electron chi connectivity index (χ1n) is 5.78. The van der Waals surface area contributed by atoms with Crippen LogP contribution in [-0.4, -0.2) is 19.3 Å². The van der Waals surface area contributed by atoms with E-state index >= 15 is 0 Å². The molecule has 16 heavy (non-hydrogen) atoms. The fraction of sp³-hybridized carbons (Fsp3) is 0.538. The second kappa shape index (κ2) is 5.07. The van der Waals surface area contributed by atoms with Gasteiger partial charge in [-0.05, 0) is 38.0 Å². The third-order valence-corrected chi connectivity index (χ3v) is 3.73. The molecule has 2 atom stereocenters. The van der Waals surface area contributed by atoms with Crippen LogP contribution in [0.25, 0.3) is 0 Å². The van der Waals surface area contributed by atoms with Gasteiger partial charge in [-0.3, -0.25) is 0 Å². The summed E-state index contributed by atoms with van der Waals surface area (Å²) in [6.45, 7) is 6.02. The Morgan fingerprint density at radius 1 is 1.50 bits per heavy atom. The number of anilines is 1. The molecule has 0 spiro atoms. The molecule has 0 radical (unpaired) electrons. The Hall–Kier alpha value is -0.730. The molecule has 1 aromatic rings. The molecule has 2 rings (SSSR count). The number of rotatable bonds is 3. The van der Waals surface area contributed by atoms with Gasteiger partial charge in [-0.1, -0.05) is 17.7 Å². The monoisotopic (exact) mass is 239 g/mol. The molecule has 1 aliphatic heterocycles. The van der Waals surface area contributed by atoms with Gasteiger partial charge in [0.25, 0.3) is 0 Å². The van der Waals surface area contributed by atoms with Crippen molar-refractivity contribution in [3.8, 4) is 0 Å². The van der Waals surface area contributed by atoms with Crippen molar-refractivity contribution in [2.24, 2.45) is 5.92 Å². The first-order valence-corrected chi connectivity index (χ1v) is 6.15. The van der Waals surface area contributed by atoms with Gasteiger partial charge in [0, 0.05) is 29.3 Å². The van der Waals surface area contributed by atoms with Crippen molar-refractivity contribution >= 4 is 17.3 Å². The number of halogens is 1. The molecule has 0 saturated carbocycles. The number of hydrogen-bond acceptors (Lipinski definition) is 2. The first-order chi connectivity index (χ1) is 7.68. The van der Waals surface area contributed by atoms with E-state index in [1.54, 1.807) is 0 Å². The summed E-state index contributed by atoms with van der Waals surface area (Å²) in [6, 6.07) is 6.41. The van der Waals surface area contributed by atoms with Crippen LogP contribution >= 0.6 is 11.6 Å². The number of benzene rings is 1. The molecule has 0 aliphatic carbocycles. The summed E-state index contributed by atoms with van der Waals surface area (Å²) in [5.41, 5.74) is 2.25. The van der Waals surface area contributed by atoms with Crippen molar-refractivity contribution in [1.82, 2.24) is 0 Å². The minimum absolute atomic E-state index is 0.430. The van der Waals surface area contributed by atoms with Gasteiger partial charge in [-0.25, -0.2) is 0 Å². The summed E-state index contributed by atoms with van der Waals surface area (Å²) < 4.78 is 5.40. The van der Waals surface area contributed by atoms with Crippen LogP contribution in [-0.2, 0) is 4.74 Å². The van der Waals surface area contributed by atoms with E-state index in [1.807, 2.05) is 19.1 Å². The van der Waals surface area contributed by atoms with Crippen LogP contribution < -0.4 is 5.32 Å². The van der Waals surface area contributed by atoms with Crippen molar-refractivity contribution < 1.29 is 4.74 Å². The average Bonchev–Trinajstić information content (AvgIpc) is 2.78. The Morgan fingerprint density at radius 2 is 2.31 bits per heavy atom. The molecule has 1 saturated heterocycles. The lowest BCUT2D eigenvalue weighted by atomic mass is 10.00. The maximum absolute atomic E-state index is 6.09. The van der Waals surface area contributed by atoms with Gasteiger partial charge in [-0.2, -0.15) is 0 Å². The lowest BCUT2D eigenvalue weighted by Crippen LogP contribution is -2.26. The third kappa shape index (κ3) is 2.50. The van der Waals surface area contributed by atoms with E-state index in [-0.39, 0.29) is 0 Å². The third-order valence-electron chi connectivity index (χ3n) is 3.32. The fourth-order valence-electron chi connectivity index (χ4n) is 2.07. The van der Waals surface area contributed by atoms with Crippen molar-refractivity contribution in [2.45, 2.75) is 26.3 Å². The van der Waals surface area contributed by atoms with Gasteiger partial charge in [0.1, 0.15) is 0 Å². The largest absolute Gasteiger partial charge is 0.382 e. The Morgan fingerprint density at radius 3 is 3.00 bits per heavy atom. The van der Waals surface area contributed by atoms with E-state index in [1.165, 1.54) is 0 Å². The molecule has 0 aromatic heterocycles. The average molecular weight is 240 g/mol. The summed E-state index contributed by atoms with van der Waals surface area (Å²) in [7, 11) is 0. The molecule has 1 N–H and O–H groups in total. The second-order valence-electron chi connectivity index (χ2n) is 4.47. The topological polar surface area (TPSA) is 21.3 Å². The van der Waals surface area contributed by atoms with Crippen LogP contribution in [0.2, 0.25) is 5.02 Å². The quantitative estimate of drug-likeness (QED) is 0.872. The molecule has 1 heterocycles. The Bertz CT molecular complexity index is 361. The van der Waals surface area contributed by atoms with E-state index in [9.17, 15) is 0 Å². The predicted molar refractivity (Wildman–Crippen MR) is 68.2 cm³/mol. The minimum Gasteiger partial charge on any atom is -0.382 e. The lowest BCUT2D eigenvalue weighted by Gasteiger charge is -2.22. The molecular formula is C13H18ClNO. The van der Waals surface area contributed by atoms with E-state index in [4.69, 9.17) is 16.3 Å². The lowest BCUT2D eigenvalue weighted by molar-refractivity contribution is 0.183. The van der Waals surface area contributed by atoms with E-state index in [0.717, 1.165) is 35.9 Å². The van der Waals surface area contributed by atoms with Gasteiger partial charge in [0.15, 0.2) is 0 Å². The van der Waals surface area contributed by atoms with Gasteiger partial charge < -0.3 is 10.1 Å². The molecular weight excluding hydrogens is 222 g/mol. The standard InChI is InChI=1S/C13H18ClNO/c1-9-12(14)4-3-5-13(9)15-10(2)11-6-7-16-8-11/h3-5,10-11,15H,6-8H2,1-2H3. The zero-order chi connectivity index (χ0) is 11.5. The molecule has 2 nitrogen and oxygen atoms in total. The maximum Gasteiger partial charge on any atom is 0.0514 e. The smallest absolute Gasteiger partial charge is 0.0514 e. The zero-order valence-electron chi connectivity index (χ0n) is 9.79. The molecule has 1 fully saturated rings. The minimum atomic E-state index is 0.430. The molecule has 2 unspecified atom stereocenters. The van der Waals surface area contributed by atoms with Crippen molar-refractivity contribution in [3.05, 3.63) is 28.8 Å². The van der Waals surface area contributed by atoms with Gasteiger partial charge in [0.05, 0.1) is 6.61 Å². The number of hydrogen-bond donors (Lipinski definition) is 1. The van der Waals surface area contributed by atoms with Gasteiger partial charge in [-0.15, -0.1) is 0 Å². The van der Waals surface area contributed by atoms with Crippen molar-refractivity contribution in [2.75, 3.05) is 18.5 Å². The van der Waals surface area contributed by atoms with Gasteiger partial charge >= 0.3 is 0 Å². The predicted octanol–water partition coefficient (Wildman–Crippen LogP) is 3.49. The number of nitrogens with one attached hydrogen (secondary N) is 1. The Labute approximate surface area is 102 Å². The molecule has 0 amide bonds. The SMILES string of the molecule is Cc1c(Cl)cccc1NC(C)C1CCOC1. The highest BCUT2D eigenvalue weighted by Crippen LogP contribution is 2.26. The zero-order valence-corrected chi connectivity index (χ0v) is 10.6. The van der Waals surface area contributed by atoms with Crippen molar-refractivity contribution in [3.63, 3.8) is 0 Å². The highest BCUT2D eigenvalue weighted by atomic mass is 35.5. The molecule has 0 bridgehead atoms. The van der Waals surface area contributed by atoms with Crippen LogP contribution in [0.1, 0.15) is 18.9 Å². The van der Waals surface area contributed by atoms with Crippen molar-refractivity contribution in [1.29, 1.82) is 0 Å². The van der Waals surface area contributed by atoms with Crippen LogP contribution in [0.3, 0.4) is 0 Å². The molecule has 1 aliphatic rings.